The smallest absolute Gasteiger partial charge is 0.419 e. The number of hydrogen-bond donors (Lipinski definition) is 0. The van der Waals surface area contributed by atoms with Crippen molar-refractivity contribution in [3.63, 3.8) is 0 Å². The number of benzene rings is 1. The molecular weight excluding hydrogens is 521 g/mol. The highest BCUT2D eigenvalue weighted by atomic mass is 32.2. The zero-order valence-corrected chi connectivity index (χ0v) is 18.4. The third-order valence-electron chi connectivity index (χ3n) is 5.04. The Morgan fingerprint density at radius 3 is 1.97 bits per heavy atom. The van der Waals surface area contributed by atoms with Gasteiger partial charge in [-0.2, -0.15) is 39.5 Å². The maximum absolute atomic E-state index is 14.9. The number of halogens is 9. The van der Waals surface area contributed by atoms with Crippen molar-refractivity contribution in [2.24, 2.45) is 0 Å². The lowest BCUT2D eigenvalue weighted by Crippen LogP contribution is -2.66. The Bertz CT molecular complexity index is 1090. The van der Waals surface area contributed by atoms with Crippen LogP contribution < -0.4 is 4.90 Å². The lowest BCUT2D eigenvalue weighted by atomic mass is 10.1. The van der Waals surface area contributed by atoms with Crippen molar-refractivity contribution in [1.82, 2.24) is 0 Å². The quantitative estimate of drug-likeness (QED) is 0.151. The molecule has 0 saturated carbocycles. The summed E-state index contributed by atoms with van der Waals surface area (Å²) in [4.78, 5) is 23.4. The van der Waals surface area contributed by atoms with Crippen LogP contribution in [0, 0.1) is 0 Å². The topological polar surface area (TPSA) is 55.8 Å². The highest BCUT2D eigenvalue weighted by Gasteiger charge is 2.83. The van der Waals surface area contributed by atoms with Crippen molar-refractivity contribution < 1.29 is 58.6 Å². The van der Waals surface area contributed by atoms with Gasteiger partial charge < -0.3 is 9.47 Å². The summed E-state index contributed by atoms with van der Waals surface area (Å²) in [6.07, 6.45) is -5.89. The van der Waals surface area contributed by atoms with Crippen molar-refractivity contribution >= 4 is 29.4 Å². The van der Waals surface area contributed by atoms with Crippen LogP contribution in [0.25, 0.3) is 0 Å². The van der Waals surface area contributed by atoms with Gasteiger partial charge in [0.05, 0.1) is 10.7 Å². The van der Waals surface area contributed by atoms with E-state index in [1.165, 1.54) is 19.9 Å². The second kappa shape index (κ2) is 8.38. The molecule has 0 radical (unpaired) electrons. The highest BCUT2D eigenvalue weighted by molar-refractivity contribution is 8.03. The SMILES string of the molecule is CCC1(C)OC(=O)C(=CC=C2Sc3ccccc3N2C(F)(F)C(F)(F)C(F)(F)C(F)(F)F)C(=O)O1. The van der Waals surface area contributed by atoms with Crippen molar-refractivity contribution in [3.8, 4) is 0 Å². The number of ether oxygens (including phenoxy) is 2. The maximum atomic E-state index is 14.9. The van der Waals surface area contributed by atoms with Crippen molar-refractivity contribution in [3.05, 3.63) is 47.0 Å². The van der Waals surface area contributed by atoms with Crippen LogP contribution in [0.2, 0.25) is 0 Å². The monoisotopic (exact) mass is 535 g/mol. The fourth-order valence-corrected chi connectivity index (χ4v) is 4.03. The van der Waals surface area contributed by atoms with Gasteiger partial charge in [0.1, 0.15) is 5.57 Å². The first-order chi connectivity index (χ1) is 15.9. The van der Waals surface area contributed by atoms with E-state index < -0.39 is 63.0 Å². The average molecular weight is 535 g/mol. The molecule has 1 saturated heterocycles. The Morgan fingerprint density at radius 1 is 0.914 bits per heavy atom. The number of carbonyl (C=O) groups excluding carboxylic acids is 2. The molecule has 0 atom stereocenters. The van der Waals surface area contributed by atoms with E-state index in [4.69, 9.17) is 9.47 Å². The van der Waals surface area contributed by atoms with Gasteiger partial charge in [0.15, 0.2) is 0 Å². The number of cyclic esters (lactones) is 2. The molecule has 5 nitrogen and oxygen atoms in total. The maximum Gasteiger partial charge on any atom is 0.460 e. The third kappa shape index (κ3) is 4.23. The van der Waals surface area contributed by atoms with Crippen LogP contribution in [0.4, 0.5) is 45.2 Å². The summed E-state index contributed by atoms with van der Waals surface area (Å²) in [6.45, 7) is 2.77. The summed E-state index contributed by atoms with van der Waals surface area (Å²) < 4.78 is 133. The lowest BCUT2D eigenvalue weighted by Gasteiger charge is -2.39. The Morgan fingerprint density at radius 2 is 1.46 bits per heavy atom. The van der Waals surface area contributed by atoms with Crippen LogP contribution in [0.1, 0.15) is 20.3 Å². The van der Waals surface area contributed by atoms with Crippen LogP contribution in [0.5, 0.6) is 0 Å². The molecule has 1 aromatic rings. The number of anilines is 1. The lowest BCUT2D eigenvalue weighted by molar-refractivity contribution is -0.394. The summed E-state index contributed by atoms with van der Waals surface area (Å²) in [5, 5.41) is -0.981. The molecule has 2 aliphatic heterocycles. The van der Waals surface area contributed by atoms with E-state index in [0.29, 0.717) is 23.9 Å². The van der Waals surface area contributed by atoms with Crippen molar-refractivity contribution in [2.75, 3.05) is 4.90 Å². The Balaban J connectivity index is 2.10. The van der Waals surface area contributed by atoms with Gasteiger partial charge in [0, 0.05) is 18.2 Å². The molecule has 2 aliphatic rings. The minimum absolute atomic E-state index is 0.0481. The molecule has 35 heavy (non-hydrogen) atoms. The fourth-order valence-electron chi connectivity index (χ4n) is 2.95. The predicted octanol–water partition coefficient (Wildman–Crippen LogP) is 6.02. The number of carbonyl (C=O) groups is 2. The average Bonchev–Trinajstić information content (AvgIpc) is 3.11. The number of thioether (sulfide) groups is 1. The molecule has 0 aromatic heterocycles. The fraction of sp³-hybridized carbons (Fsp3) is 0.400. The van der Waals surface area contributed by atoms with E-state index in [2.05, 4.69) is 0 Å². The first-order valence-electron chi connectivity index (χ1n) is 9.55. The Kier molecular flexibility index (Phi) is 6.41. The zero-order chi connectivity index (χ0) is 26.6. The standard InChI is InChI=1S/C20H14F9NO4S/c1-3-16(2)33-14(31)10(15(32)34-16)8-9-13-30(11-6-4-5-7-12(11)35-13)20(28,29)18(23,24)17(21,22)19(25,26)27/h4-9H,3H2,1-2H3. The number of hydrogen-bond acceptors (Lipinski definition) is 6. The van der Waals surface area contributed by atoms with Gasteiger partial charge in [-0.3, -0.25) is 4.90 Å². The molecule has 0 aliphatic carbocycles. The molecule has 0 spiro atoms. The van der Waals surface area contributed by atoms with Crippen LogP contribution in [0.3, 0.4) is 0 Å². The molecular formula is C20H14F9NO4S. The van der Waals surface area contributed by atoms with Gasteiger partial charge >= 0.3 is 36.0 Å². The van der Waals surface area contributed by atoms with Gasteiger partial charge in [0.25, 0.3) is 5.79 Å². The first-order valence-corrected chi connectivity index (χ1v) is 10.4. The summed E-state index contributed by atoms with van der Waals surface area (Å²) in [5.41, 5.74) is -1.66. The van der Waals surface area contributed by atoms with E-state index in [9.17, 15) is 49.1 Å². The van der Waals surface area contributed by atoms with E-state index >= 15 is 0 Å². The molecule has 1 aromatic carbocycles. The van der Waals surface area contributed by atoms with Crippen LogP contribution in [0.15, 0.2) is 51.9 Å². The molecule has 1 fully saturated rings. The molecule has 15 heteroatoms. The Labute approximate surface area is 195 Å². The van der Waals surface area contributed by atoms with Crippen LogP contribution >= 0.6 is 11.8 Å². The number of rotatable bonds is 5. The minimum atomic E-state index is -7.11. The van der Waals surface area contributed by atoms with Gasteiger partial charge in [-0.15, -0.1) is 0 Å². The second-order valence-electron chi connectivity index (χ2n) is 7.44. The number of para-hydroxylation sites is 1. The summed E-state index contributed by atoms with van der Waals surface area (Å²) in [7, 11) is 0. The predicted molar refractivity (Wildman–Crippen MR) is 103 cm³/mol. The molecule has 2 heterocycles. The second-order valence-corrected chi connectivity index (χ2v) is 8.51. The molecule has 0 amide bonds. The van der Waals surface area contributed by atoms with Gasteiger partial charge in [-0.25, -0.2) is 9.59 Å². The number of fused-ring (bicyclic) bond motifs is 1. The molecule has 0 N–H and O–H groups in total. The van der Waals surface area contributed by atoms with Crippen molar-refractivity contribution in [2.45, 2.75) is 55.0 Å². The molecule has 0 bridgehead atoms. The van der Waals surface area contributed by atoms with E-state index in [1.54, 1.807) is 0 Å². The van der Waals surface area contributed by atoms with Gasteiger partial charge in [0.2, 0.25) is 0 Å². The Hall–Kier alpha value is -2.84. The van der Waals surface area contributed by atoms with E-state index in [0.717, 1.165) is 18.2 Å². The van der Waals surface area contributed by atoms with E-state index in [-0.39, 0.29) is 11.3 Å². The molecule has 192 valence electrons. The van der Waals surface area contributed by atoms with E-state index in [1.807, 2.05) is 0 Å². The van der Waals surface area contributed by atoms with Gasteiger partial charge in [-0.1, -0.05) is 30.8 Å². The molecule has 0 unspecified atom stereocenters. The van der Waals surface area contributed by atoms with Crippen LogP contribution in [-0.4, -0.2) is 41.8 Å². The third-order valence-corrected chi connectivity index (χ3v) is 6.13. The van der Waals surface area contributed by atoms with Crippen LogP contribution in [-0.2, 0) is 19.1 Å². The van der Waals surface area contributed by atoms with Gasteiger partial charge in [-0.05, 0) is 24.3 Å². The summed E-state index contributed by atoms with van der Waals surface area (Å²) in [6, 6.07) is -1.88. The minimum Gasteiger partial charge on any atom is -0.419 e. The normalized spacial score (nSPS) is 22.8. The summed E-state index contributed by atoms with van der Waals surface area (Å²) in [5.74, 6) is -18.2. The highest BCUT2D eigenvalue weighted by Crippen LogP contribution is 2.59. The number of alkyl halides is 9. The van der Waals surface area contributed by atoms with Crippen molar-refractivity contribution in [1.29, 1.82) is 0 Å². The zero-order valence-electron chi connectivity index (χ0n) is 17.6. The largest absolute Gasteiger partial charge is 0.460 e. The number of allylic oxidation sites excluding steroid dienone is 2. The number of esters is 2. The number of nitrogens with zero attached hydrogens (tertiary/aromatic N) is 1. The summed E-state index contributed by atoms with van der Waals surface area (Å²) >= 11 is 0.299. The first kappa shape index (κ1) is 26.8. The molecule has 3 rings (SSSR count).